The number of carbonyl (C=O) groups is 2. The monoisotopic (exact) mass is 257 g/mol. The third-order valence-electron chi connectivity index (χ3n) is 3.43. The molecule has 1 unspecified atom stereocenters. The number of esters is 1. The average molecular weight is 257 g/mol. The van der Waals surface area contributed by atoms with Crippen LogP contribution in [0.2, 0.25) is 0 Å². The van der Waals surface area contributed by atoms with Gasteiger partial charge in [0.15, 0.2) is 0 Å². The summed E-state index contributed by atoms with van der Waals surface area (Å²) in [6.45, 7) is 5.23. The van der Waals surface area contributed by atoms with E-state index in [0.717, 1.165) is 19.3 Å². The number of ether oxygens (including phenoxy) is 1. The van der Waals surface area contributed by atoms with Gasteiger partial charge in [-0.2, -0.15) is 0 Å². The summed E-state index contributed by atoms with van der Waals surface area (Å²) in [5.41, 5.74) is 4.08. The SMILES string of the molecule is CC(C)(C)OC(=O)C(N)C1(C(=O)O)CCCCC1. The number of carboxylic acids is 1. The van der Waals surface area contributed by atoms with Gasteiger partial charge in [-0.25, -0.2) is 0 Å². The van der Waals surface area contributed by atoms with Gasteiger partial charge in [0.2, 0.25) is 0 Å². The largest absolute Gasteiger partial charge is 0.481 e. The third kappa shape index (κ3) is 3.22. The van der Waals surface area contributed by atoms with Crippen LogP contribution in [0.15, 0.2) is 0 Å². The smallest absolute Gasteiger partial charge is 0.324 e. The summed E-state index contributed by atoms with van der Waals surface area (Å²) in [6, 6.07) is -1.09. The van der Waals surface area contributed by atoms with Gasteiger partial charge in [-0.3, -0.25) is 9.59 Å². The van der Waals surface area contributed by atoms with Crippen LogP contribution in [0.3, 0.4) is 0 Å². The summed E-state index contributed by atoms with van der Waals surface area (Å²) in [7, 11) is 0. The van der Waals surface area contributed by atoms with Gasteiger partial charge in [0.25, 0.3) is 0 Å². The predicted molar refractivity (Wildman–Crippen MR) is 67.0 cm³/mol. The molecular formula is C13H23NO4. The zero-order valence-corrected chi connectivity index (χ0v) is 11.4. The number of nitrogens with two attached hydrogens (primary N) is 1. The van der Waals surface area contributed by atoms with Crippen molar-refractivity contribution in [2.75, 3.05) is 0 Å². The van der Waals surface area contributed by atoms with Gasteiger partial charge in [0.1, 0.15) is 11.6 Å². The molecule has 0 radical (unpaired) electrons. The molecule has 1 aliphatic rings. The van der Waals surface area contributed by atoms with Crippen molar-refractivity contribution in [3.8, 4) is 0 Å². The Morgan fingerprint density at radius 3 is 2.11 bits per heavy atom. The molecule has 0 aromatic carbocycles. The molecule has 1 rings (SSSR count). The zero-order chi connectivity index (χ0) is 14.0. The maximum atomic E-state index is 12.0. The first-order chi connectivity index (χ1) is 8.19. The highest BCUT2D eigenvalue weighted by Gasteiger charge is 2.49. The fourth-order valence-corrected chi connectivity index (χ4v) is 2.43. The van der Waals surface area contributed by atoms with Crippen LogP contribution in [0.1, 0.15) is 52.9 Å². The van der Waals surface area contributed by atoms with Crippen LogP contribution in [0, 0.1) is 5.41 Å². The topological polar surface area (TPSA) is 89.6 Å². The van der Waals surface area contributed by atoms with Crippen molar-refractivity contribution in [3.63, 3.8) is 0 Å². The van der Waals surface area contributed by atoms with E-state index in [0.29, 0.717) is 12.8 Å². The van der Waals surface area contributed by atoms with Gasteiger partial charge in [0.05, 0.1) is 5.41 Å². The van der Waals surface area contributed by atoms with Crippen molar-refractivity contribution in [1.82, 2.24) is 0 Å². The van der Waals surface area contributed by atoms with Crippen LogP contribution >= 0.6 is 0 Å². The lowest BCUT2D eigenvalue weighted by Gasteiger charge is -2.37. The van der Waals surface area contributed by atoms with Gasteiger partial charge in [-0.1, -0.05) is 19.3 Å². The Kier molecular flexibility index (Phi) is 4.37. The van der Waals surface area contributed by atoms with Crippen molar-refractivity contribution in [2.24, 2.45) is 11.1 Å². The van der Waals surface area contributed by atoms with Crippen molar-refractivity contribution >= 4 is 11.9 Å². The molecule has 0 bridgehead atoms. The Labute approximate surface area is 108 Å². The molecule has 104 valence electrons. The van der Waals surface area contributed by atoms with Crippen LogP contribution in [0.4, 0.5) is 0 Å². The number of carbonyl (C=O) groups excluding carboxylic acids is 1. The van der Waals surface area contributed by atoms with E-state index in [1.165, 1.54) is 0 Å². The molecule has 1 atom stereocenters. The molecule has 0 aromatic heterocycles. The van der Waals surface area contributed by atoms with E-state index in [-0.39, 0.29) is 0 Å². The Morgan fingerprint density at radius 2 is 1.72 bits per heavy atom. The van der Waals surface area contributed by atoms with Crippen molar-refractivity contribution in [1.29, 1.82) is 0 Å². The second kappa shape index (κ2) is 5.26. The lowest BCUT2D eigenvalue weighted by atomic mass is 9.69. The van der Waals surface area contributed by atoms with Gasteiger partial charge < -0.3 is 15.6 Å². The zero-order valence-electron chi connectivity index (χ0n) is 11.4. The Morgan fingerprint density at radius 1 is 1.22 bits per heavy atom. The maximum absolute atomic E-state index is 12.0. The van der Waals surface area contributed by atoms with Crippen molar-refractivity contribution in [3.05, 3.63) is 0 Å². The Hall–Kier alpha value is -1.10. The van der Waals surface area contributed by atoms with Crippen LogP contribution < -0.4 is 5.73 Å². The molecule has 0 spiro atoms. The van der Waals surface area contributed by atoms with Crippen LogP contribution in [-0.4, -0.2) is 28.7 Å². The fraction of sp³-hybridized carbons (Fsp3) is 0.846. The van der Waals surface area contributed by atoms with Gasteiger partial charge in [0, 0.05) is 0 Å². The molecular weight excluding hydrogens is 234 g/mol. The highest BCUT2D eigenvalue weighted by molar-refractivity contribution is 5.87. The van der Waals surface area contributed by atoms with E-state index in [2.05, 4.69) is 0 Å². The number of carboxylic acid groups (broad SMARTS) is 1. The van der Waals surface area contributed by atoms with Gasteiger partial charge >= 0.3 is 11.9 Å². The van der Waals surface area contributed by atoms with Crippen molar-refractivity contribution < 1.29 is 19.4 Å². The highest BCUT2D eigenvalue weighted by Crippen LogP contribution is 2.39. The fourth-order valence-electron chi connectivity index (χ4n) is 2.43. The molecule has 0 aromatic rings. The first-order valence-electron chi connectivity index (χ1n) is 6.41. The first kappa shape index (κ1) is 15.0. The van der Waals surface area contributed by atoms with E-state index in [9.17, 15) is 14.7 Å². The molecule has 1 fully saturated rings. The normalized spacial score (nSPS) is 21.1. The first-order valence-corrected chi connectivity index (χ1v) is 6.41. The quantitative estimate of drug-likeness (QED) is 0.751. The van der Waals surface area contributed by atoms with E-state index in [4.69, 9.17) is 10.5 Å². The van der Waals surface area contributed by atoms with E-state index in [1.54, 1.807) is 20.8 Å². The molecule has 5 nitrogen and oxygen atoms in total. The van der Waals surface area contributed by atoms with Crippen molar-refractivity contribution in [2.45, 2.75) is 64.5 Å². The predicted octanol–water partition coefficient (Wildman–Crippen LogP) is 1.69. The summed E-state index contributed by atoms with van der Waals surface area (Å²) >= 11 is 0. The lowest BCUT2D eigenvalue weighted by molar-refractivity contribution is -0.169. The molecule has 0 aliphatic heterocycles. The lowest BCUT2D eigenvalue weighted by Crippen LogP contribution is -2.54. The van der Waals surface area contributed by atoms with Gasteiger partial charge in [-0.05, 0) is 33.6 Å². The second-order valence-corrected chi connectivity index (χ2v) is 6.03. The highest BCUT2D eigenvalue weighted by atomic mass is 16.6. The second-order valence-electron chi connectivity index (χ2n) is 6.03. The molecule has 0 heterocycles. The van der Waals surface area contributed by atoms with E-state index in [1.807, 2.05) is 0 Å². The number of hydrogen-bond donors (Lipinski definition) is 2. The van der Waals surface area contributed by atoms with E-state index < -0.39 is 29.0 Å². The average Bonchev–Trinajstić information content (AvgIpc) is 2.26. The molecule has 18 heavy (non-hydrogen) atoms. The maximum Gasteiger partial charge on any atom is 0.324 e. The Bertz CT molecular complexity index is 326. The molecule has 3 N–H and O–H groups in total. The molecule has 0 amide bonds. The number of aliphatic carboxylic acids is 1. The minimum absolute atomic E-state index is 0.447. The summed E-state index contributed by atoms with van der Waals surface area (Å²) in [4.78, 5) is 23.5. The summed E-state index contributed by atoms with van der Waals surface area (Å²) in [5, 5.41) is 9.42. The number of hydrogen-bond acceptors (Lipinski definition) is 4. The third-order valence-corrected chi connectivity index (χ3v) is 3.43. The van der Waals surface area contributed by atoms with Crippen LogP contribution in [0.25, 0.3) is 0 Å². The van der Waals surface area contributed by atoms with Crippen LogP contribution in [0.5, 0.6) is 0 Å². The van der Waals surface area contributed by atoms with Gasteiger partial charge in [-0.15, -0.1) is 0 Å². The molecule has 1 aliphatic carbocycles. The molecule has 0 saturated heterocycles. The van der Waals surface area contributed by atoms with Crippen LogP contribution in [-0.2, 0) is 14.3 Å². The minimum atomic E-state index is -1.15. The summed E-state index contributed by atoms with van der Waals surface area (Å²) in [5.74, 6) is -1.60. The molecule has 5 heteroatoms. The Balaban J connectivity index is 2.86. The number of rotatable bonds is 3. The summed E-state index contributed by atoms with van der Waals surface area (Å²) < 4.78 is 5.20. The molecule has 1 saturated carbocycles. The standard InChI is InChI=1S/C13H23NO4/c1-12(2,3)18-10(15)9(14)13(11(16)17)7-5-4-6-8-13/h9H,4-8,14H2,1-3H3,(H,16,17). The minimum Gasteiger partial charge on any atom is -0.481 e. The summed E-state index contributed by atoms with van der Waals surface area (Å²) in [6.07, 6.45) is 3.48. The van der Waals surface area contributed by atoms with E-state index >= 15 is 0 Å².